The van der Waals surface area contributed by atoms with Crippen molar-refractivity contribution >= 4 is 5.69 Å². The Morgan fingerprint density at radius 1 is 1.00 bits per heavy atom. The summed E-state index contributed by atoms with van der Waals surface area (Å²) in [6.45, 7) is 1.66. The fraction of sp³-hybridized carbons (Fsp3) is 0.222. The molecular weight excluding hydrogens is 262 g/mol. The Kier molecular flexibility index (Phi) is 5.25. The molecule has 0 fully saturated rings. The highest BCUT2D eigenvalue weighted by Crippen LogP contribution is 2.21. The number of aliphatic hydroxyl groups excluding tert-OH is 1. The molecule has 0 heterocycles. The lowest BCUT2D eigenvalue weighted by molar-refractivity contribution is 0.253. The quantitative estimate of drug-likeness (QED) is 0.845. The van der Waals surface area contributed by atoms with Crippen molar-refractivity contribution in [2.75, 3.05) is 12.4 Å². The zero-order valence-electron chi connectivity index (χ0n) is 12.2. The van der Waals surface area contributed by atoms with Gasteiger partial charge in [-0.1, -0.05) is 42.2 Å². The second kappa shape index (κ2) is 7.37. The molecule has 2 aromatic carbocycles. The van der Waals surface area contributed by atoms with E-state index in [1.807, 2.05) is 54.6 Å². The largest absolute Gasteiger partial charge is 0.497 e. The molecule has 0 saturated carbocycles. The van der Waals surface area contributed by atoms with E-state index in [1.54, 1.807) is 14.0 Å². The van der Waals surface area contributed by atoms with Crippen molar-refractivity contribution in [2.45, 2.75) is 19.1 Å². The molecule has 2 rings (SSSR count). The summed E-state index contributed by atoms with van der Waals surface area (Å²) < 4.78 is 5.15. The van der Waals surface area contributed by atoms with Crippen LogP contribution < -0.4 is 10.1 Å². The first kappa shape index (κ1) is 15.0. The van der Waals surface area contributed by atoms with Crippen molar-refractivity contribution in [1.29, 1.82) is 0 Å². The molecule has 0 aliphatic carbocycles. The molecule has 0 amide bonds. The van der Waals surface area contributed by atoms with Gasteiger partial charge in [-0.05, 0) is 36.8 Å². The van der Waals surface area contributed by atoms with Crippen LogP contribution in [0.25, 0.3) is 0 Å². The fourth-order valence-corrected chi connectivity index (χ4v) is 1.91. The minimum atomic E-state index is -0.645. The first-order chi connectivity index (χ1) is 10.2. The van der Waals surface area contributed by atoms with Crippen LogP contribution in [-0.2, 0) is 0 Å². The molecule has 0 radical (unpaired) electrons. The minimum absolute atomic E-state index is 0.172. The topological polar surface area (TPSA) is 41.5 Å². The number of aliphatic hydroxyl groups is 1. The third-order valence-corrected chi connectivity index (χ3v) is 2.97. The average molecular weight is 281 g/mol. The van der Waals surface area contributed by atoms with Crippen molar-refractivity contribution < 1.29 is 9.84 Å². The Morgan fingerprint density at radius 2 is 1.67 bits per heavy atom. The highest BCUT2D eigenvalue weighted by atomic mass is 16.5. The van der Waals surface area contributed by atoms with Crippen molar-refractivity contribution in [3.63, 3.8) is 0 Å². The second-order valence-electron chi connectivity index (χ2n) is 4.68. The van der Waals surface area contributed by atoms with E-state index in [4.69, 9.17) is 4.74 Å². The van der Waals surface area contributed by atoms with Crippen LogP contribution in [0.1, 0.15) is 18.5 Å². The summed E-state index contributed by atoms with van der Waals surface area (Å²) in [5.74, 6) is 6.69. The summed E-state index contributed by atoms with van der Waals surface area (Å²) in [6, 6.07) is 17.4. The maximum atomic E-state index is 9.36. The predicted octanol–water partition coefficient (Wildman–Crippen LogP) is 3.23. The van der Waals surface area contributed by atoms with Gasteiger partial charge in [0, 0.05) is 5.69 Å². The molecule has 0 aromatic heterocycles. The van der Waals surface area contributed by atoms with Crippen molar-refractivity contribution in [1.82, 2.24) is 0 Å². The Morgan fingerprint density at radius 3 is 2.24 bits per heavy atom. The van der Waals surface area contributed by atoms with E-state index < -0.39 is 6.10 Å². The van der Waals surface area contributed by atoms with E-state index in [9.17, 15) is 5.11 Å². The van der Waals surface area contributed by atoms with Gasteiger partial charge >= 0.3 is 0 Å². The Bertz CT molecular complexity index is 609. The second-order valence-corrected chi connectivity index (χ2v) is 4.68. The van der Waals surface area contributed by atoms with E-state index in [0.717, 1.165) is 17.0 Å². The smallest absolute Gasteiger partial charge is 0.119 e. The van der Waals surface area contributed by atoms with Gasteiger partial charge in [0.25, 0.3) is 0 Å². The fourth-order valence-electron chi connectivity index (χ4n) is 1.91. The Balaban J connectivity index is 2.21. The molecule has 21 heavy (non-hydrogen) atoms. The van der Waals surface area contributed by atoms with E-state index in [2.05, 4.69) is 17.2 Å². The standard InChI is InChI=1S/C18H19NO2/c1-14(20)8-13-18(15-6-4-3-5-7-15)19-16-9-11-17(21-2)12-10-16/h3-7,9-12,14,18-20H,1-2H3. The summed E-state index contributed by atoms with van der Waals surface area (Å²) in [4.78, 5) is 0. The molecule has 0 aliphatic heterocycles. The van der Waals surface area contributed by atoms with Gasteiger partial charge in [0.2, 0.25) is 0 Å². The third-order valence-electron chi connectivity index (χ3n) is 2.97. The van der Waals surface area contributed by atoms with Crippen molar-refractivity contribution in [3.05, 3.63) is 60.2 Å². The number of rotatable bonds is 4. The number of hydrogen-bond donors (Lipinski definition) is 2. The summed E-state index contributed by atoms with van der Waals surface area (Å²) in [7, 11) is 1.64. The van der Waals surface area contributed by atoms with Gasteiger partial charge in [0.05, 0.1) is 7.11 Å². The zero-order chi connectivity index (χ0) is 15.1. The number of anilines is 1. The van der Waals surface area contributed by atoms with Gasteiger partial charge in [0.1, 0.15) is 17.9 Å². The first-order valence-electron chi connectivity index (χ1n) is 6.83. The minimum Gasteiger partial charge on any atom is -0.497 e. The van der Waals surface area contributed by atoms with E-state index in [1.165, 1.54) is 0 Å². The molecule has 0 bridgehead atoms. The van der Waals surface area contributed by atoms with E-state index >= 15 is 0 Å². The summed E-state index contributed by atoms with van der Waals surface area (Å²) in [5, 5.41) is 12.7. The predicted molar refractivity (Wildman–Crippen MR) is 85.3 cm³/mol. The Labute approximate surface area is 125 Å². The number of nitrogens with one attached hydrogen (secondary N) is 1. The normalized spacial score (nSPS) is 12.7. The molecule has 2 atom stereocenters. The lowest BCUT2D eigenvalue weighted by Gasteiger charge is -2.15. The van der Waals surface area contributed by atoms with Crippen LogP contribution >= 0.6 is 0 Å². The van der Waals surface area contributed by atoms with Crippen LogP contribution in [0.2, 0.25) is 0 Å². The maximum absolute atomic E-state index is 9.36. The highest BCUT2D eigenvalue weighted by molar-refractivity contribution is 5.50. The van der Waals surface area contributed by atoms with Crippen LogP contribution in [0.3, 0.4) is 0 Å². The van der Waals surface area contributed by atoms with Crippen molar-refractivity contribution in [3.8, 4) is 17.6 Å². The van der Waals surface area contributed by atoms with Gasteiger partial charge in [-0.3, -0.25) is 0 Å². The maximum Gasteiger partial charge on any atom is 0.119 e. The van der Waals surface area contributed by atoms with Crippen LogP contribution in [0.15, 0.2) is 54.6 Å². The summed E-state index contributed by atoms with van der Waals surface area (Å²) in [6.07, 6.45) is -0.645. The van der Waals surface area contributed by atoms with Gasteiger partial charge in [0.15, 0.2) is 0 Å². The van der Waals surface area contributed by atoms with Gasteiger partial charge in [-0.25, -0.2) is 0 Å². The Hall–Kier alpha value is -2.44. The monoisotopic (exact) mass is 281 g/mol. The SMILES string of the molecule is COc1ccc(NC(C#CC(C)O)c2ccccc2)cc1. The molecule has 0 spiro atoms. The number of hydrogen-bond acceptors (Lipinski definition) is 3. The van der Waals surface area contributed by atoms with Crippen LogP contribution in [-0.4, -0.2) is 18.3 Å². The third kappa shape index (κ3) is 4.55. The molecule has 2 N–H and O–H groups in total. The zero-order valence-corrected chi connectivity index (χ0v) is 12.2. The number of ether oxygens (including phenoxy) is 1. The molecule has 3 heteroatoms. The summed E-state index contributed by atoms with van der Waals surface area (Å²) in [5.41, 5.74) is 2.01. The molecule has 3 nitrogen and oxygen atoms in total. The lowest BCUT2D eigenvalue weighted by Crippen LogP contribution is -2.09. The molecule has 0 aliphatic rings. The molecule has 2 aromatic rings. The first-order valence-corrected chi connectivity index (χ1v) is 6.83. The van der Waals surface area contributed by atoms with Gasteiger partial charge in [-0.15, -0.1) is 0 Å². The summed E-state index contributed by atoms with van der Waals surface area (Å²) >= 11 is 0. The number of benzene rings is 2. The van der Waals surface area contributed by atoms with Crippen LogP contribution in [0, 0.1) is 11.8 Å². The molecular formula is C18H19NO2. The van der Waals surface area contributed by atoms with Crippen molar-refractivity contribution in [2.24, 2.45) is 0 Å². The van der Waals surface area contributed by atoms with Gasteiger partial charge < -0.3 is 15.2 Å². The highest BCUT2D eigenvalue weighted by Gasteiger charge is 2.08. The molecule has 2 unspecified atom stereocenters. The van der Waals surface area contributed by atoms with E-state index in [-0.39, 0.29) is 6.04 Å². The van der Waals surface area contributed by atoms with Crippen LogP contribution in [0.5, 0.6) is 5.75 Å². The molecule has 108 valence electrons. The average Bonchev–Trinajstić information content (AvgIpc) is 2.52. The number of methoxy groups -OCH3 is 1. The van der Waals surface area contributed by atoms with Gasteiger partial charge in [-0.2, -0.15) is 0 Å². The lowest BCUT2D eigenvalue weighted by atomic mass is 10.1. The van der Waals surface area contributed by atoms with Crippen LogP contribution in [0.4, 0.5) is 5.69 Å². The molecule has 0 saturated heterocycles. The van der Waals surface area contributed by atoms with E-state index in [0.29, 0.717) is 0 Å².